The summed E-state index contributed by atoms with van der Waals surface area (Å²) in [6.45, 7) is 3.66. The van der Waals surface area contributed by atoms with Crippen LogP contribution in [0.1, 0.15) is 31.7 Å². The maximum atomic E-state index is 9.39. The fourth-order valence-electron chi connectivity index (χ4n) is 2.22. The highest BCUT2D eigenvalue weighted by Gasteiger charge is 2.35. The van der Waals surface area contributed by atoms with Gasteiger partial charge in [0.05, 0.1) is 13.2 Å². The van der Waals surface area contributed by atoms with Crippen molar-refractivity contribution < 1.29 is 9.84 Å². The number of hydrogen-bond acceptors (Lipinski definition) is 3. The first kappa shape index (κ1) is 12.4. The molecule has 17 heavy (non-hydrogen) atoms. The van der Waals surface area contributed by atoms with E-state index in [1.54, 1.807) is 0 Å². The van der Waals surface area contributed by atoms with Crippen molar-refractivity contribution in [3.63, 3.8) is 0 Å². The third kappa shape index (κ3) is 2.79. The minimum Gasteiger partial charge on any atom is -0.494 e. The van der Waals surface area contributed by atoms with E-state index >= 15 is 0 Å². The maximum absolute atomic E-state index is 9.39. The molecule has 94 valence electrons. The van der Waals surface area contributed by atoms with Crippen molar-refractivity contribution in [3.8, 4) is 5.75 Å². The van der Waals surface area contributed by atoms with E-state index in [-0.39, 0.29) is 12.1 Å². The quantitative estimate of drug-likeness (QED) is 0.793. The van der Waals surface area contributed by atoms with E-state index in [0.29, 0.717) is 6.61 Å². The number of para-hydroxylation sites is 1. The van der Waals surface area contributed by atoms with Crippen molar-refractivity contribution in [1.29, 1.82) is 0 Å². The average molecular weight is 235 g/mol. The SMILES string of the molecule is CCOc1ccccc1CNC1(CO)CCC1. The number of nitrogens with one attached hydrogen (secondary N) is 1. The van der Waals surface area contributed by atoms with Gasteiger partial charge in [0.25, 0.3) is 0 Å². The lowest BCUT2D eigenvalue weighted by molar-refractivity contribution is 0.0869. The molecule has 2 rings (SSSR count). The van der Waals surface area contributed by atoms with Crippen LogP contribution in [0.15, 0.2) is 24.3 Å². The largest absolute Gasteiger partial charge is 0.494 e. The lowest BCUT2D eigenvalue weighted by Gasteiger charge is -2.41. The van der Waals surface area contributed by atoms with E-state index in [9.17, 15) is 5.11 Å². The highest BCUT2D eigenvalue weighted by atomic mass is 16.5. The van der Waals surface area contributed by atoms with Gasteiger partial charge in [-0.2, -0.15) is 0 Å². The number of ether oxygens (including phenoxy) is 1. The minimum absolute atomic E-state index is 0.0423. The van der Waals surface area contributed by atoms with Crippen molar-refractivity contribution in [3.05, 3.63) is 29.8 Å². The van der Waals surface area contributed by atoms with Crippen LogP contribution in [0.2, 0.25) is 0 Å². The van der Waals surface area contributed by atoms with Crippen molar-refractivity contribution >= 4 is 0 Å². The van der Waals surface area contributed by atoms with E-state index in [1.807, 2.05) is 25.1 Å². The Morgan fingerprint density at radius 2 is 2.12 bits per heavy atom. The number of aliphatic hydroxyl groups is 1. The van der Waals surface area contributed by atoms with Gasteiger partial charge in [-0.05, 0) is 32.3 Å². The number of benzene rings is 1. The molecule has 3 heteroatoms. The fourth-order valence-corrected chi connectivity index (χ4v) is 2.22. The molecule has 3 nitrogen and oxygen atoms in total. The van der Waals surface area contributed by atoms with Crippen LogP contribution < -0.4 is 10.1 Å². The molecule has 1 fully saturated rings. The van der Waals surface area contributed by atoms with Crippen LogP contribution in [0.5, 0.6) is 5.75 Å². The molecular formula is C14H21NO2. The van der Waals surface area contributed by atoms with Crippen molar-refractivity contribution in [2.45, 2.75) is 38.3 Å². The van der Waals surface area contributed by atoms with Gasteiger partial charge < -0.3 is 15.2 Å². The average Bonchev–Trinajstić information content (AvgIpc) is 2.31. The van der Waals surface area contributed by atoms with Crippen molar-refractivity contribution in [2.75, 3.05) is 13.2 Å². The van der Waals surface area contributed by atoms with Crippen molar-refractivity contribution in [2.24, 2.45) is 0 Å². The summed E-state index contributed by atoms with van der Waals surface area (Å²) in [5.74, 6) is 0.940. The smallest absolute Gasteiger partial charge is 0.123 e. The second-order valence-electron chi connectivity index (χ2n) is 4.69. The summed E-state index contributed by atoms with van der Waals surface area (Å²) >= 11 is 0. The molecule has 1 aliphatic rings. The van der Waals surface area contributed by atoms with E-state index in [0.717, 1.165) is 30.7 Å². The summed E-state index contributed by atoms with van der Waals surface area (Å²) < 4.78 is 5.59. The Morgan fingerprint density at radius 1 is 1.35 bits per heavy atom. The van der Waals surface area contributed by atoms with Gasteiger partial charge in [-0.3, -0.25) is 0 Å². The van der Waals surface area contributed by atoms with Gasteiger partial charge in [0.1, 0.15) is 5.75 Å². The van der Waals surface area contributed by atoms with Gasteiger partial charge in [0.2, 0.25) is 0 Å². The van der Waals surface area contributed by atoms with Gasteiger partial charge in [-0.1, -0.05) is 18.2 Å². The van der Waals surface area contributed by atoms with E-state index < -0.39 is 0 Å². The van der Waals surface area contributed by atoms with Gasteiger partial charge >= 0.3 is 0 Å². The summed E-state index contributed by atoms with van der Waals surface area (Å²) in [4.78, 5) is 0. The molecule has 1 aromatic rings. The predicted molar refractivity (Wildman–Crippen MR) is 68.1 cm³/mol. The summed E-state index contributed by atoms with van der Waals surface area (Å²) in [6.07, 6.45) is 3.35. The standard InChI is InChI=1S/C14H21NO2/c1-2-17-13-7-4-3-6-12(13)10-15-14(11-16)8-5-9-14/h3-4,6-7,15-16H,2,5,8-11H2,1H3. The fraction of sp³-hybridized carbons (Fsp3) is 0.571. The molecule has 0 aliphatic heterocycles. The maximum Gasteiger partial charge on any atom is 0.123 e. The van der Waals surface area contributed by atoms with Gasteiger partial charge in [-0.15, -0.1) is 0 Å². The summed E-state index contributed by atoms with van der Waals surface area (Å²) in [5, 5.41) is 12.9. The van der Waals surface area contributed by atoms with Crippen LogP contribution in [0, 0.1) is 0 Å². The second-order valence-corrected chi connectivity index (χ2v) is 4.69. The first-order chi connectivity index (χ1) is 8.29. The Labute approximate surface area is 103 Å². The van der Waals surface area contributed by atoms with Gasteiger partial charge in [0.15, 0.2) is 0 Å². The molecule has 0 amide bonds. The monoisotopic (exact) mass is 235 g/mol. The van der Waals surface area contributed by atoms with Crippen LogP contribution in [-0.2, 0) is 6.54 Å². The normalized spacial score (nSPS) is 17.5. The van der Waals surface area contributed by atoms with E-state index in [1.165, 1.54) is 6.42 Å². The Hall–Kier alpha value is -1.06. The molecule has 1 aliphatic carbocycles. The van der Waals surface area contributed by atoms with Crippen LogP contribution in [0.4, 0.5) is 0 Å². The Bertz CT molecular complexity index is 355. The van der Waals surface area contributed by atoms with E-state index in [2.05, 4.69) is 11.4 Å². The molecule has 0 aromatic heterocycles. The zero-order chi connectivity index (χ0) is 12.1. The Kier molecular flexibility index (Phi) is 4.02. The lowest BCUT2D eigenvalue weighted by atomic mass is 9.77. The summed E-state index contributed by atoms with van der Waals surface area (Å²) in [7, 11) is 0. The third-order valence-electron chi connectivity index (χ3n) is 3.54. The lowest BCUT2D eigenvalue weighted by Crippen LogP contribution is -2.53. The molecule has 0 saturated heterocycles. The highest BCUT2D eigenvalue weighted by molar-refractivity contribution is 5.33. The summed E-state index contributed by atoms with van der Waals surface area (Å²) in [5.41, 5.74) is 1.12. The third-order valence-corrected chi connectivity index (χ3v) is 3.54. The van der Waals surface area contributed by atoms with Crippen LogP contribution in [0.25, 0.3) is 0 Å². The van der Waals surface area contributed by atoms with Crippen LogP contribution >= 0.6 is 0 Å². The van der Waals surface area contributed by atoms with Crippen LogP contribution in [0.3, 0.4) is 0 Å². The summed E-state index contributed by atoms with van der Waals surface area (Å²) in [6, 6.07) is 8.07. The molecule has 1 saturated carbocycles. The molecule has 0 spiro atoms. The molecule has 2 N–H and O–H groups in total. The predicted octanol–water partition coefficient (Wildman–Crippen LogP) is 2.09. The van der Waals surface area contributed by atoms with Gasteiger partial charge in [0, 0.05) is 17.6 Å². The first-order valence-corrected chi connectivity index (χ1v) is 6.36. The Balaban J connectivity index is 1.98. The number of rotatable bonds is 6. The van der Waals surface area contributed by atoms with E-state index in [4.69, 9.17) is 4.74 Å². The molecule has 1 aromatic carbocycles. The number of hydrogen-bond donors (Lipinski definition) is 2. The first-order valence-electron chi connectivity index (χ1n) is 6.36. The van der Waals surface area contributed by atoms with Gasteiger partial charge in [-0.25, -0.2) is 0 Å². The molecule has 0 heterocycles. The van der Waals surface area contributed by atoms with Crippen LogP contribution in [-0.4, -0.2) is 23.9 Å². The minimum atomic E-state index is -0.0423. The van der Waals surface area contributed by atoms with Crippen molar-refractivity contribution in [1.82, 2.24) is 5.32 Å². The number of aliphatic hydroxyl groups excluding tert-OH is 1. The topological polar surface area (TPSA) is 41.5 Å². The molecular weight excluding hydrogens is 214 g/mol. The zero-order valence-corrected chi connectivity index (χ0v) is 10.4. The Morgan fingerprint density at radius 3 is 2.71 bits per heavy atom. The second kappa shape index (κ2) is 5.52. The molecule has 0 unspecified atom stereocenters. The molecule has 0 radical (unpaired) electrons. The zero-order valence-electron chi connectivity index (χ0n) is 10.4. The molecule has 0 atom stereocenters. The highest BCUT2D eigenvalue weighted by Crippen LogP contribution is 2.32. The molecule has 0 bridgehead atoms.